The van der Waals surface area contributed by atoms with E-state index in [1.807, 2.05) is 12.2 Å². The predicted molar refractivity (Wildman–Crippen MR) is 270 cm³/mol. The van der Waals surface area contributed by atoms with Crippen LogP contribution < -0.4 is 4.74 Å². The van der Waals surface area contributed by atoms with Gasteiger partial charge < -0.3 is 18.4 Å². The molecule has 0 saturated heterocycles. The molecule has 0 amide bonds. The number of benzene rings is 9. The molecule has 4 nitrogen and oxygen atoms in total. The molecule has 0 aliphatic carbocycles. The summed E-state index contributed by atoms with van der Waals surface area (Å²) in [6.07, 6.45) is 3.90. The third-order valence-electron chi connectivity index (χ3n) is 14.3. The smallest absolute Gasteiger partial charge is 0.142 e. The third kappa shape index (κ3) is 4.60. The molecule has 65 heavy (non-hydrogen) atoms. The van der Waals surface area contributed by atoms with Crippen LogP contribution >= 0.6 is 0 Å². The normalized spacial score (nSPS) is 14.8. The van der Waals surface area contributed by atoms with Crippen LogP contribution in [0.2, 0.25) is 0 Å². The van der Waals surface area contributed by atoms with Gasteiger partial charge in [0.1, 0.15) is 11.5 Å². The molecule has 5 heterocycles. The molecule has 0 N–H and O–H groups in total. The van der Waals surface area contributed by atoms with Crippen molar-refractivity contribution in [3.63, 3.8) is 0 Å². The molecule has 0 radical (unpaired) electrons. The van der Waals surface area contributed by atoms with Gasteiger partial charge in [-0.05, 0) is 82.9 Å². The number of nitrogens with zero attached hydrogens (tertiary/aromatic N) is 3. The first kappa shape index (κ1) is 35.9. The molecular weight excluding hydrogens is 791 g/mol. The molecule has 2 aliphatic heterocycles. The van der Waals surface area contributed by atoms with Gasteiger partial charge in [0.25, 0.3) is 0 Å². The van der Waals surface area contributed by atoms with Gasteiger partial charge in [-0.1, -0.05) is 165 Å². The third-order valence-corrected chi connectivity index (χ3v) is 14.3. The number of ether oxygens (including phenoxy) is 1. The Hall–Kier alpha value is -8.60. The van der Waals surface area contributed by atoms with Crippen LogP contribution in [-0.4, -0.2) is 13.7 Å². The van der Waals surface area contributed by atoms with E-state index in [1.54, 1.807) is 0 Å². The van der Waals surface area contributed by atoms with Gasteiger partial charge in [-0.3, -0.25) is 0 Å². The molecule has 1 atom stereocenters. The van der Waals surface area contributed by atoms with Gasteiger partial charge >= 0.3 is 0 Å². The second-order valence-electron chi connectivity index (χ2n) is 17.3. The fraction of sp³-hybridized carbons (Fsp3) is 0.0164. The van der Waals surface area contributed by atoms with Crippen molar-refractivity contribution in [2.45, 2.75) is 5.41 Å². The van der Waals surface area contributed by atoms with E-state index in [-0.39, 0.29) is 0 Å². The van der Waals surface area contributed by atoms with Crippen LogP contribution in [0.25, 0.3) is 94.9 Å². The van der Waals surface area contributed by atoms with Crippen molar-refractivity contribution in [1.29, 1.82) is 0 Å². The predicted octanol–water partition coefficient (Wildman–Crippen LogP) is 15.6. The second kappa shape index (κ2) is 13.2. The number of fused-ring (bicyclic) bond motifs is 16. The van der Waals surface area contributed by atoms with E-state index in [4.69, 9.17) is 4.74 Å². The highest BCUT2D eigenvalue weighted by Crippen LogP contribution is 2.62. The van der Waals surface area contributed by atoms with E-state index in [0.29, 0.717) is 0 Å². The molecule has 4 heteroatoms. The summed E-state index contributed by atoms with van der Waals surface area (Å²) in [4.78, 5) is 0. The van der Waals surface area contributed by atoms with Crippen LogP contribution in [0.4, 0.5) is 0 Å². The quantitative estimate of drug-likeness (QED) is 0.170. The summed E-state index contributed by atoms with van der Waals surface area (Å²) in [6, 6.07) is 72.9. The highest BCUT2D eigenvalue weighted by atomic mass is 16.5. The van der Waals surface area contributed by atoms with Crippen LogP contribution in [0.5, 0.6) is 11.5 Å². The standard InChI is InChI=1S/C61H39N3O/c1-3-42-44-34-33-41(37-56(44)62(51(42)4-2)40-31-29-39(30-32-40)38-17-6-5-7-18-38)63-53-26-13-9-20-46(53)58-55(63)36-35-50-60(58)65-57-28-15-11-23-48(57)61(50)47-22-10-14-27-54(47)64-52-25-12-8-19-43(52)45-21-16-24-49(61)59(45)64/h3-37H,1-2H2. The van der Waals surface area contributed by atoms with Gasteiger partial charge in [0.05, 0.1) is 49.8 Å². The maximum absolute atomic E-state index is 7.32. The van der Waals surface area contributed by atoms with Gasteiger partial charge in [-0.15, -0.1) is 0 Å². The fourth-order valence-corrected chi connectivity index (χ4v) is 11.7. The SMILES string of the molecule is C=Cc1c(C=C)n(-c2ccc(-c3ccccc3)cc2)c2cc(-n3c4ccccc4c4c5c(ccc43)C3(c4ccccc4O5)c4ccccc4-n4c5ccccc5c5cccc3c54)ccc12. The molecule has 0 saturated carbocycles. The maximum Gasteiger partial charge on any atom is 0.142 e. The lowest BCUT2D eigenvalue weighted by atomic mass is 9.61. The first-order valence-electron chi connectivity index (χ1n) is 22.2. The topological polar surface area (TPSA) is 24.0 Å². The Kier molecular flexibility index (Phi) is 7.30. The van der Waals surface area contributed by atoms with Crippen LogP contribution in [0, 0.1) is 0 Å². The molecule has 304 valence electrons. The van der Waals surface area contributed by atoms with Gasteiger partial charge in [0, 0.05) is 49.6 Å². The van der Waals surface area contributed by atoms with Gasteiger partial charge in [-0.2, -0.15) is 0 Å². The molecular formula is C61H39N3O. The molecule has 1 unspecified atom stereocenters. The van der Waals surface area contributed by atoms with E-state index >= 15 is 0 Å². The molecule has 0 fully saturated rings. The monoisotopic (exact) mass is 829 g/mol. The van der Waals surface area contributed by atoms with Crippen LogP contribution in [0.1, 0.15) is 33.5 Å². The Bertz CT molecular complexity index is 4010. The number of hydrogen-bond acceptors (Lipinski definition) is 1. The first-order valence-corrected chi connectivity index (χ1v) is 22.2. The lowest BCUT2D eigenvalue weighted by molar-refractivity contribution is 0.439. The van der Waals surface area contributed by atoms with E-state index in [2.05, 4.69) is 227 Å². The Morgan fingerprint density at radius 2 is 1.08 bits per heavy atom. The summed E-state index contributed by atoms with van der Waals surface area (Å²) in [7, 11) is 0. The molecule has 9 aromatic carbocycles. The summed E-state index contributed by atoms with van der Waals surface area (Å²) in [5, 5.41) is 5.85. The molecule has 14 rings (SSSR count). The first-order chi connectivity index (χ1) is 32.2. The minimum Gasteiger partial charge on any atom is -0.456 e. The number of para-hydroxylation sites is 5. The zero-order valence-electron chi connectivity index (χ0n) is 35.4. The minimum absolute atomic E-state index is 0.667. The minimum atomic E-state index is -0.667. The largest absolute Gasteiger partial charge is 0.456 e. The van der Waals surface area contributed by atoms with Crippen molar-refractivity contribution in [2.24, 2.45) is 0 Å². The summed E-state index contributed by atoms with van der Waals surface area (Å²) in [5.74, 6) is 1.76. The molecule has 2 aliphatic rings. The van der Waals surface area contributed by atoms with Crippen LogP contribution in [-0.2, 0) is 5.41 Å². The average Bonchev–Trinajstić information content (AvgIpc) is 4.01. The highest BCUT2D eigenvalue weighted by molar-refractivity contribution is 6.15. The molecule has 0 bridgehead atoms. The number of hydrogen-bond donors (Lipinski definition) is 0. The molecule has 3 aromatic heterocycles. The Morgan fingerprint density at radius 1 is 0.415 bits per heavy atom. The summed E-state index contributed by atoms with van der Waals surface area (Å²) in [5.41, 5.74) is 17.5. The highest BCUT2D eigenvalue weighted by Gasteiger charge is 2.51. The molecule has 1 spiro atoms. The number of aromatic nitrogens is 3. The van der Waals surface area contributed by atoms with Crippen molar-refractivity contribution in [1.82, 2.24) is 13.7 Å². The van der Waals surface area contributed by atoms with E-state index in [9.17, 15) is 0 Å². The fourth-order valence-electron chi connectivity index (χ4n) is 11.7. The van der Waals surface area contributed by atoms with Crippen molar-refractivity contribution in [2.75, 3.05) is 0 Å². The Labute approximate surface area is 375 Å². The van der Waals surface area contributed by atoms with E-state index in [0.717, 1.165) is 78.0 Å². The lowest BCUT2D eigenvalue weighted by Crippen LogP contribution is -2.37. The van der Waals surface area contributed by atoms with E-state index < -0.39 is 5.41 Å². The lowest BCUT2D eigenvalue weighted by Gasteiger charge is -2.45. The second-order valence-corrected chi connectivity index (χ2v) is 17.3. The zero-order valence-corrected chi connectivity index (χ0v) is 35.4. The van der Waals surface area contributed by atoms with Gasteiger partial charge in [0.15, 0.2) is 0 Å². The summed E-state index contributed by atoms with van der Waals surface area (Å²) >= 11 is 0. The maximum atomic E-state index is 7.32. The van der Waals surface area contributed by atoms with Gasteiger partial charge in [0.2, 0.25) is 0 Å². The van der Waals surface area contributed by atoms with Gasteiger partial charge in [-0.25, -0.2) is 0 Å². The van der Waals surface area contributed by atoms with Crippen LogP contribution in [0.3, 0.4) is 0 Å². The van der Waals surface area contributed by atoms with Crippen LogP contribution in [0.15, 0.2) is 213 Å². The van der Waals surface area contributed by atoms with Crippen molar-refractivity contribution in [3.05, 3.63) is 247 Å². The Balaban J connectivity index is 1.05. The Morgan fingerprint density at radius 3 is 1.89 bits per heavy atom. The van der Waals surface area contributed by atoms with Crippen molar-refractivity contribution >= 4 is 66.7 Å². The zero-order chi connectivity index (χ0) is 43.0. The number of rotatable bonds is 5. The average molecular weight is 830 g/mol. The van der Waals surface area contributed by atoms with Crippen molar-refractivity contribution < 1.29 is 4.74 Å². The van der Waals surface area contributed by atoms with E-state index in [1.165, 1.54) is 49.7 Å². The molecule has 12 aromatic rings. The van der Waals surface area contributed by atoms with Crippen molar-refractivity contribution in [3.8, 4) is 39.7 Å². The summed E-state index contributed by atoms with van der Waals surface area (Å²) < 4.78 is 14.5. The summed E-state index contributed by atoms with van der Waals surface area (Å²) in [6.45, 7) is 8.56.